The Hall–Kier alpha value is -1.37. The Bertz CT molecular complexity index is 773. The molecule has 1 aromatic heterocycles. The van der Waals surface area contributed by atoms with Gasteiger partial charge in [-0.1, -0.05) is 0 Å². The summed E-state index contributed by atoms with van der Waals surface area (Å²) in [5.74, 6) is 0. The van der Waals surface area contributed by atoms with Crippen LogP contribution in [0, 0.1) is 6.92 Å². The number of aryl methyl sites for hydroxylation is 1. The third kappa shape index (κ3) is 3.04. The minimum atomic E-state index is -3.31. The number of nitrogens with one attached hydrogen (secondary N) is 1. The van der Waals surface area contributed by atoms with Crippen molar-refractivity contribution in [3.63, 3.8) is 0 Å². The maximum Gasteiger partial charge on any atom is 0.175 e. The van der Waals surface area contributed by atoms with Crippen LogP contribution in [0.2, 0.25) is 0 Å². The van der Waals surface area contributed by atoms with Crippen molar-refractivity contribution >= 4 is 20.7 Å². The van der Waals surface area contributed by atoms with Gasteiger partial charge in [-0.2, -0.15) is 0 Å². The minimum absolute atomic E-state index is 0.238. The van der Waals surface area contributed by atoms with Gasteiger partial charge in [0.25, 0.3) is 0 Å². The molecule has 1 saturated heterocycles. The zero-order valence-corrected chi connectivity index (χ0v) is 13.7. The van der Waals surface area contributed by atoms with Gasteiger partial charge < -0.3 is 14.5 Å². The molecule has 0 bridgehead atoms. The predicted molar refractivity (Wildman–Crippen MR) is 84.5 cm³/mol. The zero-order valence-electron chi connectivity index (χ0n) is 12.9. The molecule has 5 nitrogen and oxygen atoms in total. The first-order valence-corrected chi connectivity index (χ1v) is 9.39. The standard InChI is InChI=1S/C16H21NO4S/c1-11-9-14(22(2,18)19)13(12-6-7-17-16(11)12)10-21-15-5-3-4-8-20-15/h6-7,9,15,17H,3-5,8,10H2,1-2H3. The van der Waals surface area contributed by atoms with Gasteiger partial charge >= 0.3 is 0 Å². The van der Waals surface area contributed by atoms with Crippen LogP contribution in [0.4, 0.5) is 0 Å². The summed E-state index contributed by atoms with van der Waals surface area (Å²) in [5, 5.41) is 0.899. The number of aromatic amines is 1. The van der Waals surface area contributed by atoms with E-state index in [1.807, 2.05) is 19.2 Å². The van der Waals surface area contributed by atoms with Crippen LogP contribution >= 0.6 is 0 Å². The first-order valence-electron chi connectivity index (χ1n) is 7.49. The number of hydrogen-bond donors (Lipinski definition) is 1. The lowest BCUT2D eigenvalue weighted by molar-refractivity contribution is -0.169. The molecule has 0 radical (unpaired) electrons. The largest absolute Gasteiger partial charge is 0.361 e. The maximum atomic E-state index is 12.1. The first-order chi connectivity index (χ1) is 10.5. The number of benzene rings is 1. The van der Waals surface area contributed by atoms with E-state index in [-0.39, 0.29) is 12.9 Å². The fraction of sp³-hybridized carbons (Fsp3) is 0.500. The van der Waals surface area contributed by atoms with Crippen LogP contribution in [0.25, 0.3) is 10.9 Å². The van der Waals surface area contributed by atoms with Crippen LogP contribution < -0.4 is 0 Å². The number of H-pyrrole nitrogens is 1. The topological polar surface area (TPSA) is 68.4 Å². The molecule has 0 aliphatic carbocycles. The van der Waals surface area contributed by atoms with Gasteiger partial charge in [-0.25, -0.2) is 8.42 Å². The fourth-order valence-electron chi connectivity index (χ4n) is 2.93. The van der Waals surface area contributed by atoms with Crippen LogP contribution in [0.15, 0.2) is 23.2 Å². The summed E-state index contributed by atoms with van der Waals surface area (Å²) in [4.78, 5) is 3.50. The Kier molecular flexibility index (Phi) is 4.25. The maximum absolute atomic E-state index is 12.1. The Morgan fingerprint density at radius 2 is 2.23 bits per heavy atom. The van der Waals surface area contributed by atoms with E-state index < -0.39 is 9.84 Å². The lowest BCUT2D eigenvalue weighted by Gasteiger charge is -2.23. The van der Waals surface area contributed by atoms with Gasteiger partial charge in [0, 0.05) is 35.5 Å². The average Bonchev–Trinajstić information content (AvgIpc) is 2.96. The summed E-state index contributed by atoms with van der Waals surface area (Å²) in [6.45, 7) is 2.85. The summed E-state index contributed by atoms with van der Waals surface area (Å²) >= 11 is 0. The molecule has 0 saturated carbocycles. The summed E-state index contributed by atoms with van der Waals surface area (Å²) in [6.07, 6.45) is 5.82. The van der Waals surface area contributed by atoms with Crippen LogP contribution in [0.5, 0.6) is 0 Å². The average molecular weight is 323 g/mol. The van der Waals surface area contributed by atoms with Crippen molar-refractivity contribution in [3.05, 3.63) is 29.5 Å². The number of fused-ring (bicyclic) bond motifs is 1. The summed E-state index contributed by atoms with van der Waals surface area (Å²) in [5.41, 5.74) is 2.58. The highest BCUT2D eigenvalue weighted by atomic mass is 32.2. The van der Waals surface area contributed by atoms with E-state index in [4.69, 9.17) is 9.47 Å². The predicted octanol–water partition coefficient (Wildman–Crippen LogP) is 2.92. The lowest BCUT2D eigenvalue weighted by atomic mass is 10.1. The molecule has 2 heterocycles. The molecule has 1 atom stereocenters. The van der Waals surface area contributed by atoms with Crippen molar-refractivity contribution in [2.75, 3.05) is 12.9 Å². The highest BCUT2D eigenvalue weighted by molar-refractivity contribution is 7.90. The fourth-order valence-corrected chi connectivity index (χ4v) is 3.94. The third-order valence-electron chi connectivity index (χ3n) is 4.06. The van der Waals surface area contributed by atoms with Crippen molar-refractivity contribution in [3.8, 4) is 0 Å². The van der Waals surface area contributed by atoms with Gasteiger partial charge in [-0.15, -0.1) is 0 Å². The molecule has 1 fully saturated rings. The second-order valence-corrected chi connectivity index (χ2v) is 7.80. The van der Waals surface area contributed by atoms with E-state index in [2.05, 4.69) is 4.98 Å². The Balaban J connectivity index is 1.98. The van der Waals surface area contributed by atoms with E-state index in [1.165, 1.54) is 6.26 Å². The molecule has 6 heteroatoms. The van der Waals surface area contributed by atoms with Crippen molar-refractivity contribution < 1.29 is 17.9 Å². The van der Waals surface area contributed by atoms with E-state index in [0.29, 0.717) is 17.1 Å². The molecule has 3 rings (SSSR count). The van der Waals surface area contributed by atoms with Gasteiger partial charge in [-0.05, 0) is 43.9 Å². The lowest BCUT2D eigenvalue weighted by Crippen LogP contribution is -2.22. The summed E-state index contributed by atoms with van der Waals surface area (Å²) in [6, 6.07) is 3.62. The molecule has 1 aliphatic heterocycles. The molecular formula is C16H21NO4S. The Morgan fingerprint density at radius 1 is 1.41 bits per heavy atom. The number of hydrogen-bond acceptors (Lipinski definition) is 4. The minimum Gasteiger partial charge on any atom is -0.361 e. The van der Waals surface area contributed by atoms with Crippen LogP contribution in [-0.2, 0) is 25.9 Å². The molecule has 1 unspecified atom stereocenters. The molecule has 22 heavy (non-hydrogen) atoms. The zero-order chi connectivity index (χ0) is 15.7. The van der Waals surface area contributed by atoms with E-state index in [9.17, 15) is 8.42 Å². The SMILES string of the molecule is Cc1cc(S(C)(=O)=O)c(COC2CCCCO2)c2cc[nH]c12. The molecule has 0 amide bonds. The van der Waals surface area contributed by atoms with Crippen molar-refractivity contribution in [1.82, 2.24) is 4.98 Å². The smallest absolute Gasteiger partial charge is 0.175 e. The Morgan fingerprint density at radius 3 is 2.91 bits per heavy atom. The van der Waals surface area contributed by atoms with E-state index >= 15 is 0 Å². The summed E-state index contributed by atoms with van der Waals surface area (Å²) in [7, 11) is -3.31. The molecule has 2 aromatic rings. The number of rotatable bonds is 4. The highest BCUT2D eigenvalue weighted by Crippen LogP contribution is 2.30. The van der Waals surface area contributed by atoms with Gasteiger partial charge in [0.15, 0.2) is 16.1 Å². The summed E-state index contributed by atoms with van der Waals surface area (Å²) < 4.78 is 35.6. The molecule has 1 aliphatic rings. The van der Waals surface area contributed by atoms with Crippen molar-refractivity contribution in [2.45, 2.75) is 44.0 Å². The van der Waals surface area contributed by atoms with E-state index in [1.54, 1.807) is 6.07 Å². The first kappa shape index (κ1) is 15.5. The van der Waals surface area contributed by atoms with Gasteiger partial charge in [0.2, 0.25) is 0 Å². The van der Waals surface area contributed by atoms with Crippen molar-refractivity contribution in [2.24, 2.45) is 0 Å². The van der Waals surface area contributed by atoms with Crippen molar-refractivity contribution in [1.29, 1.82) is 0 Å². The van der Waals surface area contributed by atoms with Gasteiger partial charge in [0.1, 0.15) is 0 Å². The molecule has 120 valence electrons. The van der Waals surface area contributed by atoms with Crippen LogP contribution in [-0.4, -0.2) is 32.6 Å². The molecule has 0 spiro atoms. The highest BCUT2D eigenvalue weighted by Gasteiger charge is 2.21. The normalized spacial score (nSPS) is 19.6. The number of aromatic nitrogens is 1. The van der Waals surface area contributed by atoms with Gasteiger partial charge in [-0.3, -0.25) is 0 Å². The quantitative estimate of drug-likeness (QED) is 0.939. The van der Waals surface area contributed by atoms with Crippen LogP contribution in [0.3, 0.4) is 0 Å². The molecule has 1 N–H and O–H groups in total. The monoisotopic (exact) mass is 323 g/mol. The number of ether oxygens (including phenoxy) is 2. The van der Waals surface area contributed by atoms with E-state index in [0.717, 1.165) is 35.7 Å². The number of sulfone groups is 1. The Labute approximate surface area is 130 Å². The third-order valence-corrected chi connectivity index (χ3v) is 5.23. The molecular weight excluding hydrogens is 302 g/mol. The van der Waals surface area contributed by atoms with Crippen LogP contribution in [0.1, 0.15) is 30.4 Å². The van der Waals surface area contributed by atoms with Gasteiger partial charge in [0.05, 0.1) is 11.5 Å². The molecule has 1 aromatic carbocycles. The second kappa shape index (κ2) is 6.02. The second-order valence-electron chi connectivity index (χ2n) is 5.82.